The van der Waals surface area contributed by atoms with Gasteiger partial charge in [-0.05, 0) is 55.5 Å². The van der Waals surface area contributed by atoms with Crippen molar-refractivity contribution in [3.8, 4) is 11.3 Å². The minimum Gasteiger partial charge on any atom is -0.308 e. The molecule has 2 N–H and O–H groups in total. The van der Waals surface area contributed by atoms with Crippen molar-refractivity contribution in [3.63, 3.8) is 0 Å². The predicted molar refractivity (Wildman–Crippen MR) is 141 cm³/mol. The van der Waals surface area contributed by atoms with Gasteiger partial charge in [0.2, 0.25) is 0 Å². The molecule has 8 nitrogen and oxygen atoms in total. The van der Waals surface area contributed by atoms with Crippen LogP contribution in [0.3, 0.4) is 0 Å². The van der Waals surface area contributed by atoms with E-state index in [1.807, 2.05) is 13.0 Å². The fourth-order valence-electron chi connectivity index (χ4n) is 3.38. The third-order valence-corrected chi connectivity index (χ3v) is 7.10. The molecule has 3 aromatic rings. The Hall–Kier alpha value is -4.32. The highest BCUT2D eigenvalue weighted by atomic mass is 32.2. The summed E-state index contributed by atoms with van der Waals surface area (Å²) in [6.45, 7) is 5.58. The minimum atomic E-state index is -4.63. The van der Waals surface area contributed by atoms with Gasteiger partial charge in [0.1, 0.15) is 0 Å². The van der Waals surface area contributed by atoms with Gasteiger partial charge in [-0.2, -0.15) is 18.3 Å². The SMILES string of the molecule is C=C(C=CC=CC)NC(=O)Nc1ccc(N(C)S(=O)(=O)c2cccc(-c3cc(C(F)(F)F)nn3C)c2)cc1. The van der Waals surface area contributed by atoms with Crippen LogP contribution in [-0.4, -0.2) is 31.3 Å². The van der Waals surface area contributed by atoms with E-state index in [0.717, 1.165) is 15.1 Å². The summed E-state index contributed by atoms with van der Waals surface area (Å²) in [6, 6.07) is 12.0. The van der Waals surface area contributed by atoms with E-state index in [9.17, 15) is 26.4 Å². The van der Waals surface area contributed by atoms with Gasteiger partial charge >= 0.3 is 12.2 Å². The standard InChI is InChI=1S/C26H26F3N5O3S/c1-5-6-7-9-18(2)30-25(35)31-20-12-14-21(15-13-20)34(4)38(36,37)22-11-8-10-19(16-22)23-17-24(26(27,28)29)32-33(23)3/h5-17H,2H2,1,3-4H3,(H2,30,31,35). The molecule has 0 saturated heterocycles. The van der Waals surface area contributed by atoms with Crippen LogP contribution in [0.25, 0.3) is 11.3 Å². The first-order valence-electron chi connectivity index (χ1n) is 11.2. The lowest BCUT2D eigenvalue weighted by Gasteiger charge is -2.20. The number of benzene rings is 2. The Balaban J connectivity index is 1.76. The van der Waals surface area contributed by atoms with Gasteiger partial charge in [0, 0.05) is 31.0 Å². The van der Waals surface area contributed by atoms with Gasteiger partial charge < -0.3 is 10.6 Å². The molecule has 0 saturated carbocycles. The average Bonchev–Trinajstić information content (AvgIpc) is 3.26. The van der Waals surface area contributed by atoms with Crippen LogP contribution in [0.2, 0.25) is 0 Å². The van der Waals surface area contributed by atoms with Gasteiger partial charge in [-0.15, -0.1) is 0 Å². The molecule has 0 fully saturated rings. The largest absolute Gasteiger partial charge is 0.435 e. The number of nitrogens with zero attached hydrogens (tertiary/aromatic N) is 3. The molecule has 200 valence electrons. The third-order valence-electron chi connectivity index (χ3n) is 5.32. The quantitative estimate of drug-likeness (QED) is 0.355. The minimum absolute atomic E-state index is 0.113. The maximum Gasteiger partial charge on any atom is 0.435 e. The molecule has 1 aromatic heterocycles. The maximum absolute atomic E-state index is 13.3. The topological polar surface area (TPSA) is 96.3 Å². The summed E-state index contributed by atoms with van der Waals surface area (Å²) in [4.78, 5) is 12.0. The summed E-state index contributed by atoms with van der Waals surface area (Å²) in [7, 11) is -1.36. The van der Waals surface area contributed by atoms with Gasteiger partial charge in [0.05, 0.1) is 16.3 Å². The van der Waals surface area contributed by atoms with Crippen LogP contribution in [0.5, 0.6) is 0 Å². The Morgan fingerprint density at radius 2 is 1.79 bits per heavy atom. The van der Waals surface area contributed by atoms with Crippen molar-refractivity contribution in [1.29, 1.82) is 0 Å². The van der Waals surface area contributed by atoms with Gasteiger partial charge in [-0.1, -0.05) is 36.9 Å². The van der Waals surface area contributed by atoms with Crippen LogP contribution in [0, 0.1) is 0 Å². The Kier molecular flexibility index (Phi) is 8.46. The molecule has 0 aliphatic carbocycles. The Labute approximate surface area is 218 Å². The molecule has 3 rings (SSSR count). The fraction of sp³-hybridized carbons (Fsp3) is 0.154. The molecule has 1 heterocycles. The number of carbonyl (C=O) groups is 1. The Bertz CT molecular complexity index is 1490. The zero-order chi connectivity index (χ0) is 28.1. The van der Waals surface area contributed by atoms with Crippen molar-refractivity contribution in [3.05, 3.63) is 96.9 Å². The molecule has 12 heteroatoms. The number of aromatic nitrogens is 2. The van der Waals surface area contributed by atoms with Crippen LogP contribution in [0.15, 0.2) is 96.1 Å². The number of nitrogens with one attached hydrogen (secondary N) is 2. The highest BCUT2D eigenvalue weighted by Crippen LogP contribution is 2.32. The van der Waals surface area contributed by atoms with Crippen molar-refractivity contribution < 1.29 is 26.4 Å². The normalized spacial score (nSPS) is 12.2. The van der Waals surface area contributed by atoms with Crippen LogP contribution in [-0.2, 0) is 23.2 Å². The number of amides is 2. The number of halogens is 3. The molecule has 0 aliphatic heterocycles. The van der Waals surface area contributed by atoms with Gasteiger partial charge in [0.15, 0.2) is 5.69 Å². The van der Waals surface area contributed by atoms with E-state index >= 15 is 0 Å². The number of hydrogen-bond acceptors (Lipinski definition) is 4. The second kappa shape index (κ2) is 11.4. The van der Waals surface area contributed by atoms with Crippen LogP contribution >= 0.6 is 0 Å². The number of urea groups is 1. The monoisotopic (exact) mass is 545 g/mol. The van der Waals surface area contributed by atoms with E-state index in [1.165, 1.54) is 62.6 Å². The second-order valence-electron chi connectivity index (χ2n) is 8.07. The lowest BCUT2D eigenvalue weighted by molar-refractivity contribution is -0.141. The third kappa shape index (κ3) is 6.71. The lowest BCUT2D eigenvalue weighted by atomic mass is 10.1. The van der Waals surface area contributed by atoms with Crippen molar-refractivity contribution in [2.24, 2.45) is 7.05 Å². The molecular formula is C26H26F3N5O3S. The number of aryl methyl sites for hydroxylation is 1. The number of sulfonamides is 1. The average molecular weight is 546 g/mol. The fourth-order valence-corrected chi connectivity index (χ4v) is 4.62. The Morgan fingerprint density at radius 3 is 2.39 bits per heavy atom. The molecule has 2 amide bonds. The molecule has 0 spiro atoms. The molecule has 2 aromatic carbocycles. The molecular weight excluding hydrogens is 519 g/mol. The number of alkyl halides is 3. The number of allylic oxidation sites excluding steroid dienone is 4. The molecule has 0 radical (unpaired) electrons. The zero-order valence-electron chi connectivity index (χ0n) is 20.8. The van der Waals surface area contributed by atoms with Crippen molar-refractivity contribution in [2.75, 3.05) is 16.7 Å². The van der Waals surface area contributed by atoms with Crippen LogP contribution < -0.4 is 14.9 Å². The Morgan fingerprint density at radius 1 is 1.11 bits per heavy atom. The summed E-state index contributed by atoms with van der Waals surface area (Å²) in [5.74, 6) is 0. The summed E-state index contributed by atoms with van der Waals surface area (Å²) < 4.78 is 67.8. The summed E-state index contributed by atoms with van der Waals surface area (Å²) in [6.07, 6.45) is 2.33. The van der Waals surface area contributed by atoms with Gasteiger partial charge in [-0.3, -0.25) is 8.99 Å². The number of anilines is 2. The summed E-state index contributed by atoms with van der Waals surface area (Å²) >= 11 is 0. The molecule has 0 aliphatic rings. The zero-order valence-corrected chi connectivity index (χ0v) is 21.6. The van der Waals surface area contributed by atoms with E-state index in [2.05, 4.69) is 22.3 Å². The molecule has 38 heavy (non-hydrogen) atoms. The van der Waals surface area contributed by atoms with Gasteiger partial charge in [0.25, 0.3) is 10.0 Å². The summed E-state index contributed by atoms with van der Waals surface area (Å²) in [5.41, 5.74) is 0.410. The predicted octanol–water partition coefficient (Wildman–Crippen LogP) is 5.70. The van der Waals surface area contributed by atoms with Crippen LogP contribution in [0.1, 0.15) is 12.6 Å². The first kappa shape index (κ1) is 28.3. The van der Waals surface area contributed by atoms with E-state index in [4.69, 9.17) is 0 Å². The molecule has 0 bridgehead atoms. The molecule has 0 atom stereocenters. The lowest BCUT2D eigenvalue weighted by Crippen LogP contribution is -2.27. The van der Waals surface area contributed by atoms with Crippen LogP contribution in [0.4, 0.5) is 29.3 Å². The first-order chi connectivity index (χ1) is 17.8. The first-order valence-corrected chi connectivity index (χ1v) is 12.6. The number of rotatable bonds is 8. The summed E-state index contributed by atoms with van der Waals surface area (Å²) in [5, 5.41) is 8.67. The number of hydrogen-bond donors (Lipinski definition) is 2. The van der Waals surface area contributed by atoms with Crippen molar-refractivity contribution in [1.82, 2.24) is 15.1 Å². The van der Waals surface area contributed by atoms with Crippen molar-refractivity contribution >= 4 is 27.4 Å². The van der Waals surface area contributed by atoms with Crippen molar-refractivity contribution in [2.45, 2.75) is 18.0 Å². The second-order valence-corrected chi connectivity index (χ2v) is 10.0. The highest BCUT2D eigenvalue weighted by molar-refractivity contribution is 7.92. The van der Waals surface area contributed by atoms with E-state index < -0.39 is 27.9 Å². The smallest absolute Gasteiger partial charge is 0.308 e. The van der Waals surface area contributed by atoms with E-state index in [0.29, 0.717) is 17.1 Å². The van der Waals surface area contributed by atoms with Gasteiger partial charge in [-0.25, -0.2) is 13.2 Å². The highest BCUT2D eigenvalue weighted by Gasteiger charge is 2.35. The number of carbonyl (C=O) groups excluding carboxylic acids is 1. The van der Waals surface area contributed by atoms with E-state index in [1.54, 1.807) is 18.2 Å². The maximum atomic E-state index is 13.3. The molecule has 0 unspecified atom stereocenters. The van der Waals surface area contributed by atoms with E-state index in [-0.39, 0.29) is 16.2 Å².